The van der Waals surface area contributed by atoms with Crippen LogP contribution in [0.5, 0.6) is 0 Å². The Labute approximate surface area is 160 Å². The van der Waals surface area contributed by atoms with Gasteiger partial charge >= 0.3 is 12.2 Å². The topological polar surface area (TPSA) is 77.1 Å². The lowest BCUT2D eigenvalue weighted by atomic mass is 10.2. The number of nitrogens with one attached hydrogen (secondary N) is 1. The Balaban J connectivity index is 1.91. The van der Waals surface area contributed by atoms with E-state index in [4.69, 9.17) is 14.2 Å². The predicted octanol–water partition coefficient (Wildman–Crippen LogP) is 3.10. The van der Waals surface area contributed by atoms with Crippen molar-refractivity contribution in [1.29, 1.82) is 0 Å². The van der Waals surface area contributed by atoms with Gasteiger partial charge in [-0.05, 0) is 26.3 Å². The SMILES string of the molecule is C=CCO[C@H]1CN(C(=O)OC(C)(C)C)C[C@@H]1NC(=O)OCc1ccccc1. The van der Waals surface area contributed by atoms with Gasteiger partial charge in [0.1, 0.15) is 12.2 Å². The van der Waals surface area contributed by atoms with E-state index in [0.29, 0.717) is 13.2 Å². The van der Waals surface area contributed by atoms with E-state index in [2.05, 4.69) is 11.9 Å². The third-order valence-electron chi connectivity index (χ3n) is 3.86. The lowest BCUT2D eigenvalue weighted by molar-refractivity contribution is 0.0231. The number of benzene rings is 1. The summed E-state index contributed by atoms with van der Waals surface area (Å²) in [6.07, 6.45) is 0.277. The Morgan fingerprint density at radius 1 is 1.26 bits per heavy atom. The van der Waals surface area contributed by atoms with Crippen molar-refractivity contribution in [2.45, 2.75) is 45.1 Å². The van der Waals surface area contributed by atoms with E-state index in [1.54, 1.807) is 6.08 Å². The molecule has 1 heterocycles. The zero-order chi connectivity index (χ0) is 19.9. The summed E-state index contributed by atoms with van der Waals surface area (Å²) < 4.78 is 16.4. The molecule has 1 aliphatic rings. The summed E-state index contributed by atoms with van der Waals surface area (Å²) in [6, 6.07) is 9.03. The Morgan fingerprint density at radius 2 is 1.96 bits per heavy atom. The van der Waals surface area contributed by atoms with Crippen LogP contribution in [-0.2, 0) is 20.8 Å². The van der Waals surface area contributed by atoms with Crippen LogP contribution in [0, 0.1) is 0 Å². The molecule has 2 atom stereocenters. The number of carbonyl (C=O) groups is 2. The minimum Gasteiger partial charge on any atom is -0.445 e. The van der Waals surface area contributed by atoms with Crippen molar-refractivity contribution in [3.8, 4) is 0 Å². The molecule has 1 saturated heterocycles. The van der Waals surface area contributed by atoms with Crippen molar-refractivity contribution in [1.82, 2.24) is 10.2 Å². The zero-order valence-corrected chi connectivity index (χ0v) is 16.1. The van der Waals surface area contributed by atoms with E-state index in [1.165, 1.54) is 4.90 Å². The number of nitrogens with zero attached hydrogens (tertiary/aromatic N) is 1. The van der Waals surface area contributed by atoms with Crippen LogP contribution >= 0.6 is 0 Å². The quantitative estimate of drug-likeness (QED) is 0.772. The highest BCUT2D eigenvalue weighted by atomic mass is 16.6. The lowest BCUT2D eigenvalue weighted by Crippen LogP contribution is -2.44. The van der Waals surface area contributed by atoms with Gasteiger partial charge in [-0.25, -0.2) is 9.59 Å². The van der Waals surface area contributed by atoms with Gasteiger partial charge in [0, 0.05) is 6.54 Å². The minimum atomic E-state index is -0.589. The molecule has 1 aromatic carbocycles. The minimum absolute atomic E-state index is 0.174. The molecule has 27 heavy (non-hydrogen) atoms. The molecular formula is C20H28N2O5. The van der Waals surface area contributed by atoms with Crippen molar-refractivity contribution in [2.75, 3.05) is 19.7 Å². The first kappa shape index (κ1) is 20.8. The monoisotopic (exact) mass is 376 g/mol. The van der Waals surface area contributed by atoms with Crippen LogP contribution in [0.4, 0.5) is 9.59 Å². The fourth-order valence-electron chi connectivity index (χ4n) is 2.66. The van der Waals surface area contributed by atoms with Gasteiger partial charge in [-0.15, -0.1) is 6.58 Å². The second kappa shape index (κ2) is 9.41. The highest BCUT2D eigenvalue weighted by Gasteiger charge is 2.38. The van der Waals surface area contributed by atoms with Crippen molar-refractivity contribution in [3.63, 3.8) is 0 Å². The maximum absolute atomic E-state index is 12.3. The summed E-state index contributed by atoms with van der Waals surface area (Å²) in [7, 11) is 0. The van der Waals surface area contributed by atoms with Gasteiger partial charge in [0.2, 0.25) is 0 Å². The second-order valence-corrected chi connectivity index (χ2v) is 7.36. The van der Waals surface area contributed by atoms with Gasteiger partial charge in [0.25, 0.3) is 0 Å². The first-order valence-corrected chi connectivity index (χ1v) is 8.96. The van der Waals surface area contributed by atoms with E-state index >= 15 is 0 Å². The number of hydrogen-bond acceptors (Lipinski definition) is 5. The summed E-state index contributed by atoms with van der Waals surface area (Å²) in [4.78, 5) is 26.0. The fourth-order valence-corrected chi connectivity index (χ4v) is 2.66. The molecule has 1 aromatic rings. The number of ether oxygens (including phenoxy) is 3. The molecule has 2 rings (SSSR count). The highest BCUT2D eigenvalue weighted by Crippen LogP contribution is 2.18. The van der Waals surface area contributed by atoms with Crippen molar-refractivity contribution >= 4 is 12.2 Å². The van der Waals surface area contributed by atoms with Crippen molar-refractivity contribution in [2.24, 2.45) is 0 Å². The molecule has 2 amide bonds. The first-order valence-electron chi connectivity index (χ1n) is 8.96. The fraction of sp³-hybridized carbons (Fsp3) is 0.500. The molecule has 0 radical (unpaired) electrons. The summed E-state index contributed by atoms with van der Waals surface area (Å²) in [6.45, 7) is 10.2. The maximum atomic E-state index is 12.3. The van der Waals surface area contributed by atoms with Crippen LogP contribution in [-0.4, -0.2) is 54.5 Å². The van der Waals surface area contributed by atoms with E-state index in [9.17, 15) is 9.59 Å². The average Bonchev–Trinajstić information content (AvgIpc) is 3.00. The molecule has 7 heteroatoms. The number of likely N-dealkylation sites (tertiary alicyclic amines) is 1. The van der Waals surface area contributed by atoms with Crippen LogP contribution in [0.15, 0.2) is 43.0 Å². The predicted molar refractivity (Wildman–Crippen MR) is 101 cm³/mol. The van der Waals surface area contributed by atoms with Crippen LogP contribution in [0.25, 0.3) is 0 Å². The largest absolute Gasteiger partial charge is 0.445 e. The van der Waals surface area contributed by atoms with E-state index < -0.39 is 17.8 Å². The van der Waals surface area contributed by atoms with Gasteiger partial charge in [-0.3, -0.25) is 0 Å². The molecule has 0 saturated carbocycles. The molecule has 0 bridgehead atoms. The second-order valence-electron chi connectivity index (χ2n) is 7.36. The summed E-state index contributed by atoms with van der Waals surface area (Å²) in [5, 5.41) is 2.79. The summed E-state index contributed by atoms with van der Waals surface area (Å²) in [5.74, 6) is 0. The smallest absolute Gasteiger partial charge is 0.410 e. The maximum Gasteiger partial charge on any atom is 0.410 e. The van der Waals surface area contributed by atoms with Gasteiger partial charge in [0.15, 0.2) is 0 Å². The molecule has 0 spiro atoms. The summed E-state index contributed by atoms with van der Waals surface area (Å²) >= 11 is 0. The van der Waals surface area contributed by atoms with E-state index in [1.807, 2.05) is 51.1 Å². The number of rotatable bonds is 6. The van der Waals surface area contributed by atoms with E-state index in [-0.39, 0.29) is 25.3 Å². The summed E-state index contributed by atoms with van der Waals surface area (Å²) in [5.41, 5.74) is 0.309. The third-order valence-corrected chi connectivity index (χ3v) is 3.86. The molecule has 148 valence electrons. The van der Waals surface area contributed by atoms with Crippen LogP contribution < -0.4 is 5.32 Å². The Morgan fingerprint density at radius 3 is 2.59 bits per heavy atom. The van der Waals surface area contributed by atoms with Crippen LogP contribution in [0.1, 0.15) is 26.3 Å². The number of hydrogen-bond donors (Lipinski definition) is 1. The van der Waals surface area contributed by atoms with Crippen molar-refractivity contribution < 1.29 is 23.8 Å². The average molecular weight is 376 g/mol. The van der Waals surface area contributed by atoms with Crippen LogP contribution in [0.3, 0.4) is 0 Å². The van der Waals surface area contributed by atoms with Gasteiger partial charge in [0.05, 0.1) is 25.3 Å². The Hall–Kier alpha value is -2.54. The number of carbonyl (C=O) groups excluding carboxylic acids is 2. The van der Waals surface area contributed by atoms with Gasteiger partial charge < -0.3 is 24.4 Å². The molecule has 1 fully saturated rings. The van der Waals surface area contributed by atoms with Gasteiger partial charge in [-0.2, -0.15) is 0 Å². The normalized spacial score (nSPS) is 19.4. The lowest BCUT2D eigenvalue weighted by Gasteiger charge is -2.24. The molecular weight excluding hydrogens is 348 g/mol. The molecule has 0 aromatic heterocycles. The number of amides is 2. The van der Waals surface area contributed by atoms with Crippen molar-refractivity contribution in [3.05, 3.63) is 48.6 Å². The third kappa shape index (κ3) is 6.94. The van der Waals surface area contributed by atoms with E-state index in [0.717, 1.165) is 5.56 Å². The standard InChI is InChI=1S/C20H28N2O5/c1-5-11-25-17-13-22(19(24)27-20(2,3)4)12-16(17)21-18(23)26-14-15-9-7-6-8-10-15/h5-10,16-17H,1,11-14H2,2-4H3,(H,21,23)/t16-,17-/m0/s1. The highest BCUT2D eigenvalue weighted by molar-refractivity contribution is 5.70. The molecule has 7 nitrogen and oxygen atoms in total. The number of alkyl carbamates (subject to hydrolysis) is 1. The molecule has 0 unspecified atom stereocenters. The molecule has 0 aliphatic carbocycles. The van der Waals surface area contributed by atoms with Crippen LogP contribution in [0.2, 0.25) is 0 Å². The molecule has 1 N–H and O–H groups in total. The Kier molecular flexibility index (Phi) is 7.24. The Bertz CT molecular complexity index is 642. The van der Waals surface area contributed by atoms with Gasteiger partial charge in [-0.1, -0.05) is 36.4 Å². The first-order chi connectivity index (χ1) is 12.8. The molecule has 1 aliphatic heterocycles. The zero-order valence-electron chi connectivity index (χ0n) is 16.1.